The minimum atomic E-state index is -0.466. The van der Waals surface area contributed by atoms with Crippen LogP contribution in [-0.2, 0) is 0 Å². The number of carbonyl (C=O) groups excluding carboxylic acids is 1. The zero-order valence-electron chi connectivity index (χ0n) is 17.7. The number of rotatable bonds is 3. The molecule has 32 heavy (non-hydrogen) atoms. The Hall–Kier alpha value is -3.69. The molecule has 1 atom stereocenters. The third-order valence-electron chi connectivity index (χ3n) is 6.30. The maximum absolute atomic E-state index is 13.3. The Kier molecular flexibility index (Phi) is 5.12. The minimum absolute atomic E-state index is 0.127. The molecule has 3 aromatic carbocycles. The molecule has 1 fully saturated rings. The van der Waals surface area contributed by atoms with Gasteiger partial charge in [0.2, 0.25) is 0 Å². The second-order valence-electron chi connectivity index (χ2n) is 8.13. The molecule has 1 aromatic heterocycles. The van der Waals surface area contributed by atoms with E-state index in [-0.39, 0.29) is 11.7 Å². The van der Waals surface area contributed by atoms with Crippen LogP contribution in [0.3, 0.4) is 0 Å². The number of furan rings is 1. The lowest BCUT2D eigenvalue weighted by molar-refractivity contribution is 0.0577. The number of hydrogen-bond donors (Lipinski definition) is 0. The van der Waals surface area contributed by atoms with Crippen LogP contribution >= 0.6 is 0 Å². The van der Waals surface area contributed by atoms with E-state index in [0.717, 1.165) is 32.9 Å². The van der Waals surface area contributed by atoms with Crippen LogP contribution < -0.4 is 0 Å². The summed E-state index contributed by atoms with van der Waals surface area (Å²) in [5.41, 5.74) is 2.34. The normalized spacial score (nSPS) is 15.7. The Bertz CT molecular complexity index is 1350. The predicted molar refractivity (Wildman–Crippen MR) is 121 cm³/mol. The number of fused-ring (bicyclic) bond motifs is 3. The number of halogens is 1. The van der Waals surface area contributed by atoms with E-state index in [9.17, 15) is 14.4 Å². The maximum atomic E-state index is 13.3. The predicted octanol–water partition coefficient (Wildman–Crippen LogP) is 5.06. The molecule has 160 valence electrons. The number of piperazine rings is 1. The molecule has 0 saturated carbocycles. The number of nitrogens with zero attached hydrogens (tertiary/aromatic N) is 3. The highest BCUT2D eigenvalue weighted by Gasteiger charge is 2.30. The van der Waals surface area contributed by atoms with Gasteiger partial charge in [-0.3, -0.25) is 9.69 Å². The van der Waals surface area contributed by atoms with Crippen LogP contribution in [0, 0.1) is 24.1 Å². The highest BCUT2D eigenvalue weighted by Crippen LogP contribution is 2.32. The molecule has 5 nitrogen and oxygen atoms in total. The van der Waals surface area contributed by atoms with Crippen LogP contribution in [-0.4, -0.2) is 41.9 Å². The van der Waals surface area contributed by atoms with Gasteiger partial charge in [0.05, 0.1) is 6.07 Å². The molecule has 0 bridgehead atoms. The number of benzene rings is 3. The van der Waals surface area contributed by atoms with Gasteiger partial charge in [0.25, 0.3) is 5.91 Å². The first-order valence-electron chi connectivity index (χ1n) is 10.7. The summed E-state index contributed by atoms with van der Waals surface area (Å²) in [5, 5.41) is 12.7. The van der Waals surface area contributed by atoms with E-state index in [1.54, 1.807) is 17.0 Å². The number of carbonyl (C=O) groups is 1. The third kappa shape index (κ3) is 3.41. The summed E-state index contributed by atoms with van der Waals surface area (Å²) in [4.78, 5) is 17.1. The fraction of sp³-hybridized carbons (Fsp3) is 0.231. The second-order valence-corrected chi connectivity index (χ2v) is 8.13. The van der Waals surface area contributed by atoms with Crippen molar-refractivity contribution < 1.29 is 13.6 Å². The van der Waals surface area contributed by atoms with Crippen molar-refractivity contribution in [3.63, 3.8) is 0 Å². The number of amides is 1. The Morgan fingerprint density at radius 1 is 1.00 bits per heavy atom. The first-order chi connectivity index (χ1) is 15.6. The van der Waals surface area contributed by atoms with Crippen molar-refractivity contribution in [2.24, 2.45) is 0 Å². The van der Waals surface area contributed by atoms with Gasteiger partial charge < -0.3 is 9.32 Å². The second kappa shape index (κ2) is 8.10. The Labute approximate surface area is 185 Å². The standard InChI is InChI=1S/C26H22FN3O2/c1-17-21-11-8-18-4-2-3-5-22(18)25(21)32-24(17)26(31)30-14-12-29(13-15-30)23(16-28)19-6-9-20(27)10-7-19/h2-11,23H,12-15H2,1H3/t23-/m1/s1. The summed E-state index contributed by atoms with van der Waals surface area (Å²) in [7, 11) is 0. The smallest absolute Gasteiger partial charge is 0.289 e. The minimum Gasteiger partial charge on any atom is -0.450 e. The number of aryl methyl sites for hydroxylation is 1. The van der Waals surface area contributed by atoms with Crippen LogP contribution in [0.4, 0.5) is 4.39 Å². The molecule has 0 N–H and O–H groups in total. The third-order valence-corrected chi connectivity index (χ3v) is 6.30. The molecule has 1 saturated heterocycles. The first kappa shape index (κ1) is 20.2. The molecule has 0 unspecified atom stereocenters. The summed E-state index contributed by atoms with van der Waals surface area (Å²) < 4.78 is 19.4. The summed E-state index contributed by atoms with van der Waals surface area (Å²) in [6.07, 6.45) is 0. The highest BCUT2D eigenvalue weighted by atomic mass is 19.1. The number of nitriles is 1. The molecule has 0 radical (unpaired) electrons. The van der Waals surface area contributed by atoms with Gasteiger partial charge >= 0.3 is 0 Å². The van der Waals surface area contributed by atoms with Crippen molar-refractivity contribution in [1.29, 1.82) is 5.26 Å². The number of hydrogen-bond acceptors (Lipinski definition) is 4. The molecule has 1 amide bonds. The van der Waals surface area contributed by atoms with Gasteiger partial charge in [-0.1, -0.05) is 48.5 Å². The lowest BCUT2D eigenvalue weighted by atomic mass is 10.0. The van der Waals surface area contributed by atoms with Crippen molar-refractivity contribution in [1.82, 2.24) is 9.80 Å². The molecule has 4 aromatic rings. The van der Waals surface area contributed by atoms with Crippen LogP contribution in [0.5, 0.6) is 0 Å². The van der Waals surface area contributed by atoms with Crippen molar-refractivity contribution in [3.8, 4) is 6.07 Å². The maximum Gasteiger partial charge on any atom is 0.289 e. The van der Waals surface area contributed by atoms with Crippen LogP contribution in [0.2, 0.25) is 0 Å². The lowest BCUT2D eigenvalue weighted by Gasteiger charge is -2.36. The fourth-order valence-corrected chi connectivity index (χ4v) is 4.49. The molecular weight excluding hydrogens is 405 g/mol. The van der Waals surface area contributed by atoms with Crippen molar-refractivity contribution >= 4 is 27.6 Å². The topological polar surface area (TPSA) is 60.5 Å². The van der Waals surface area contributed by atoms with Gasteiger partial charge in [0.15, 0.2) is 5.76 Å². The highest BCUT2D eigenvalue weighted by molar-refractivity contribution is 6.08. The molecule has 0 aliphatic carbocycles. The fourth-order valence-electron chi connectivity index (χ4n) is 4.49. The molecule has 0 spiro atoms. The summed E-state index contributed by atoms with van der Waals surface area (Å²) in [5.74, 6) is -0.0762. The van der Waals surface area contributed by atoms with Gasteiger partial charge in [0.1, 0.15) is 17.4 Å². The van der Waals surface area contributed by atoms with E-state index in [1.165, 1.54) is 12.1 Å². The zero-order valence-corrected chi connectivity index (χ0v) is 17.7. The van der Waals surface area contributed by atoms with Crippen molar-refractivity contribution in [2.45, 2.75) is 13.0 Å². The van der Waals surface area contributed by atoms with Crippen LogP contribution in [0.25, 0.3) is 21.7 Å². The van der Waals surface area contributed by atoms with E-state index < -0.39 is 6.04 Å². The van der Waals surface area contributed by atoms with E-state index in [4.69, 9.17) is 4.42 Å². The quantitative estimate of drug-likeness (QED) is 0.459. The zero-order chi connectivity index (χ0) is 22.2. The molecule has 1 aliphatic heterocycles. The Morgan fingerprint density at radius 2 is 1.72 bits per heavy atom. The van der Waals surface area contributed by atoms with Gasteiger partial charge in [-0.05, 0) is 30.0 Å². The van der Waals surface area contributed by atoms with E-state index >= 15 is 0 Å². The van der Waals surface area contributed by atoms with Gasteiger partial charge in [-0.2, -0.15) is 5.26 Å². The van der Waals surface area contributed by atoms with Gasteiger partial charge in [0, 0.05) is 42.5 Å². The summed E-state index contributed by atoms with van der Waals surface area (Å²) in [6, 6.07) is 19.9. The summed E-state index contributed by atoms with van der Waals surface area (Å²) >= 11 is 0. The molecule has 6 heteroatoms. The average Bonchev–Trinajstić information content (AvgIpc) is 3.17. The van der Waals surface area contributed by atoms with Crippen LogP contribution in [0.1, 0.15) is 27.7 Å². The monoisotopic (exact) mass is 427 g/mol. The van der Waals surface area contributed by atoms with E-state index in [1.807, 2.05) is 48.2 Å². The molecule has 5 rings (SSSR count). The lowest BCUT2D eigenvalue weighted by Crippen LogP contribution is -2.49. The van der Waals surface area contributed by atoms with E-state index in [2.05, 4.69) is 6.07 Å². The molecular formula is C26H22FN3O2. The van der Waals surface area contributed by atoms with Crippen LogP contribution in [0.15, 0.2) is 65.1 Å². The van der Waals surface area contributed by atoms with Crippen molar-refractivity contribution in [3.05, 3.63) is 83.4 Å². The van der Waals surface area contributed by atoms with Gasteiger partial charge in [-0.25, -0.2) is 4.39 Å². The molecule has 2 heterocycles. The van der Waals surface area contributed by atoms with E-state index in [0.29, 0.717) is 31.9 Å². The van der Waals surface area contributed by atoms with Crippen molar-refractivity contribution in [2.75, 3.05) is 26.2 Å². The Morgan fingerprint density at radius 3 is 2.44 bits per heavy atom. The Balaban J connectivity index is 1.36. The largest absolute Gasteiger partial charge is 0.450 e. The average molecular weight is 427 g/mol. The first-order valence-corrected chi connectivity index (χ1v) is 10.7. The molecule has 1 aliphatic rings. The summed E-state index contributed by atoms with van der Waals surface area (Å²) in [6.45, 7) is 4.03. The SMILES string of the molecule is Cc1c(C(=O)N2CCN([C@H](C#N)c3ccc(F)cc3)CC2)oc2c1ccc1ccccc12. The van der Waals surface area contributed by atoms with Gasteiger partial charge in [-0.15, -0.1) is 0 Å².